The minimum absolute atomic E-state index is 0.122. The first-order chi connectivity index (χ1) is 10.5. The predicted octanol–water partition coefficient (Wildman–Crippen LogP) is 1.28. The lowest BCUT2D eigenvalue weighted by Gasteiger charge is -2.12. The number of ether oxygens (including phenoxy) is 1. The van der Waals surface area contributed by atoms with Crippen molar-refractivity contribution in [3.8, 4) is 0 Å². The van der Waals surface area contributed by atoms with Gasteiger partial charge >= 0.3 is 23.9 Å². The number of hydrogen-bond donors (Lipinski definition) is 1. The summed E-state index contributed by atoms with van der Waals surface area (Å²) in [6.45, 7) is 0. The zero-order chi connectivity index (χ0) is 16.4. The van der Waals surface area contributed by atoms with Crippen LogP contribution in [0.2, 0.25) is 0 Å². The average Bonchev–Trinajstić information content (AvgIpc) is 2.47. The minimum Gasteiger partial charge on any atom is -0.479 e. The molecule has 1 atom stereocenters. The molecule has 1 aliphatic heterocycles. The highest BCUT2D eigenvalue weighted by atomic mass is 17.2. The van der Waals surface area contributed by atoms with Crippen molar-refractivity contribution < 1.29 is 38.8 Å². The third-order valence-electron chi connectivity index (χ3n) is 2.95. The Kier molecular flexibility index (Phi) is 7.66. The maximum absolute atomic E-state index is 11.4. The van der Waals surface area contributed by atoms with E-state index in [1.165, 1.54) is 0 Å². The SMILES string of the molecule is O=C1/C=C/C(=O)OC(C(=O)O)CCCCCCCC(=O)OO1. The minimum atomic E-state index is -1.25. The maximum Gasteiger partial charge on any atom is 0.379 e. The van der Waals surface area contributed by atoms with Crippen LogP contribution in [0.3, 0.4) is 0 Å². The molecule has 8 heteroatoms. The summed E-state index contributed by atoms with van der Waals surface area (Å²) in [5.41, 5.74) is 0. The van der Waals surface area contributed by atoms with Crippen molar-refractivity contribution in [1.29, 1.82) is 0 Å². The Balaban J connectivity index is 2.64. The van der Waals surface area contributed by atoms with Crippen molar-refractivity contribution >= 4 is 23.9 Å². The number of hydrogen-bond acceptors (Lipinski definition) is 7. The molecule has 22 heavy (non-hydrogen) atoms. The second-order valence-electron chi connectivity index (χ2n) is 4.76. The Morgan fingerprint density at radius 1 is 0.955 bits per heavy atom. The Morgan fingerprint density at radius 3 is 2.32 bits per heavy atom. The standard InChI is InChI=1S/C14H18O8/c15-11-8-9-13(17)22-21-12(16)7-5-3-1-2-4-6-10(20-11)14(18)19/h8-10H,1-7H2,(H,18,19)/b9-8+. The van der Waals surface area contributed by atoms with E-state index in [9.17, 15) is 19.2 Å². The van der Waals surface area contributed by atoms with Gasteiger partial charge in [0.1, 0.15) is 0 Å². The van der Waals surface area contributed by atoms with Gasteiger partial charge in [0.05, 0.1) is 6.42 Å². The molecule has 0 aliphatic carbocycles. The molecule has 1 aliphatic rings. The first-order valence-corrected chi connectivity index (χ1v) is 7.02. The lowest BCUT2D eigenvalue weighted by atomic mass is 10.1. The number of rotatable bonds is 1. The van der Waals surface area contributed by atoms with Gasteiger partial charge < -0.3 is 9.84 Å². The molecule has 1 heterocycles. The van der Waals surface area contributed by atoms with E-state index in [1.807, 2.05) is 0 Å². The molecule has 1 N–H and O–H groups in total. The Hall–Kier alpha value is -2.38. The summed E-state index contributed by atoms with van der Waals surface area (Å²) < 4.78 is 4.74. The number of carboxylic acid groups (broad SMARTS) is 1. The number of aliphatic carboxylic acids is 1. The third kappa shape index (κ3) is 7.41. The van der Waals surface area contributed by atoms with Gasteiger partial charge in [0, 0.05) is 12.2 Å². The van der Waals surface area contributed by atoms with E-state index in [2.05, 4.69) is 9.78 Å². The fraction of sp³-hybridized carbons (Fsp3) is 0.571. The Morgan fingerprint density at radius 2 is 1.59 bits per heavy atom. The van der Waals surface area contributed by atoms with Crippen molar-refractivity contribution in [3.63, 3.8) is 0 Å². The van der Waals surface area contributed by atoms with Crippen molar-refractivity contribution in [2.45, 2.75) is 51.0 Å². The fourth-order valence-electron chi connectivity index (χ4n) is 1.83. The van der Waals surface area contributed by atoms with E-state index >= 15 is 0 Å². The van der Waals surface area contributed by atoms with E-state index < -0.39 is 30.0 Å². The number of carbonyl (C=O) groups excluding carboxylic acids is 3. The van der Waals surface area contributed by atoms with Gasteiger partial charge in [-0.15, -0.1) is 0 Å². The molecule has 0 radical (unpaired) electrons. The van der Waals surface area contributed by atoms with Crippen LogP contribution < -0.4 is 0 Å². The molecule has 0 aromatic heterocycles. The molecule has 0 bridgehead atoms. The molecule has 0 saturated heterocycles. The molecular formula is C14H18O8. The highest BCUT2D eigenvalue weighted by molar-refractivity contribution is 5.92. The van der Waals surface area contributed by atoms with Gasteiger partial charge in [0.15, 0.2) is 6.10 Å². The smallest absolute Gasteiger partial charge is 0.379 e. The van der Waals surface area contributed by atoms with Gasteiger partial charge in [-0.05, 0) is 19.3 Å². The third-order valence-corrected chi connectivity index (χ3v) is 2.95. The van der Waals surface area contributed by atoms with Crippen LogP contribution in [0.1, 0.15) is 44.9 Å². The quantitative estimate of drug-likeness (QED) is 0.568. The monoisotopic (exact) mass is 314 g/mol. The molecule has 0 aromatic rings. The highest BCUT2D eigenvalue weighted by Gasteiger charge is 2.21. The molecule has 0 amide bonds. The summed E-state index contributed by atoms with van der Waals surface area (Å²) in [6.07, 6.45) is 3.99. The summed E-state index contributed by atoms with van der Waals surface area (Å²) in [5.74, 6) is -3.95. The van der Waals surface area contributed by atoms with Gasteiger partial charge in [0.25, 0.3) is 0 Å². The van der Waals surface area contributed by atoms with E-state index in [4.69, 9.17) is 9.84 Å². The molecule has 122 valence electrons. The number of esters is 1. The van der Waals surface area contributed by atoms with Gasteiger partial charge in [-0.25, -0.2) is 29.0 Å². The topological polar surface area (TPSA) is 116 Å². The van der Waals surface area contributed by atoms with Crippen LogP contribution in [0.15, 0.2) is 12.2 Å². The lowest BCUT2D eigenvalue weighted by molar-refractivity contribution is -0.255. The van der Waals surface area contributed by atoms with Crippen LogP contribution in [0.5, 0.6) is 0 Å². The van der Waals surface area contributed by atoms with Crippen LogP contribution in [0, 0.1) is 0 Å². The van der Waals surface area contributed by atoms with Crippen LogP contribution in [0.25, 0.3) is 0 Å². The summed E-state index contributed by atoms with van der Waals surface area (Å²) in [7, 11) is 0. The van der Waals surface area contributed by atoms with Crippen molar-refractivity contribution in [2.75, 3.05) is 0 Å². The number of carboxylic acids is 1. The van der Waals surface area contributed by atoms with Crippen LogP contribution in [-0.2, 0) is 33.7 Å². The molecule has 8 nitrogen and oxygen atoms in total. The first-order valence-electron chi connectivity index (χ1n) is 7.02. The molecule has 1 unspecified atom stereocenters. The summed E-state index contributed by atoms with van der Waals surface area (Å²) >= 11 is 0. The summed E-state index contributed by atoms with van der Waals surface area (Å²) in [5, 5.41) is 8.97. The molecular weight excluding hydrogens is 296 g/mol. The van der Waals surface area contributed by atoms with Crippen LogP contribution in [-0.4, -0.2) is 35.1 Å². The zero-order valence-electron chi connectivity index (χ0n) is 12.0. The zero-order valence-corrected chi connectivity index (χ0v) is 12.0. The van der Waals surface area contributed by atoms with Gasteiger partial charge in [-0.1, -0.05) is 19.3 Å². The van der Waals surface area contributed by atoms with E-state index in [0.29, 0.717) is 18.9 Å². The van der Waals surface area contributed by atoms with Crippen LogP contribution in [0.4, 0.5) is 0 Å². The van der Waals surface area contributed by atoms with E-state index in [0.717, 1.165) is 25.3 Å². The molecule has 0 aromatic carbocycles. The van der Waals surface area contributed by atoms with E-state index in [1.54, 1.807) is 0 Å². The normalized spacial score (nSPS) is 23.8. The largest absolute Gasteiger partial charge is 0.479 e. The number of cyclic esters (lactones) is 1. The maximum atomic E-state index is 11.4. The van der Waals surface area contributed by atoms with Gasteiger partial charge in [-0.2, -0.15) is 0 Å². The summed E-state index contributed by atoms with van der Waals surface area (Å²) in [6, 6.07) is 0. The fourth-order valence-corrected chi connectivity index (χ4v) is 1.83. The van der Waals surface area contributed by atoms with Crippen LogP contribution >= 0.6 is 0 Å². The van der Waals surface area contributed by atoms with E-state index in [-0.39, 0.29) is 12.8 Å². The second kappa shape index (κ2) is 9.54. The second-order valence-corrected chi connectivity index (χ2v) is 4.76. The highest BCUT2D eigenvalue weighted by Crippen LogP contribution is 2.12. The Bertz CT molecular complexity index is 454. The molecule has 0 saturated carbocycles. The number of carbonyl (C=O) groups is 4. The van der Waals surface area contributed by atoms with Gasteiger partial charge in [0.2, 0.25) is 0 Å². The summed E-state index contributed by atoms with van der Waals surface area (Å²) in [4.78, 5) is 53.2. The average molecular weight is 314 g/mol. The first kappa shape index (κ1) is 17.7. The predicted molar refractivity (Wildman–Crippen MR) is 71.2 cm³/mol. The molecule has 0 spiro atoms. The van der Waals surface area contributed by atoms with Crippen molar-refractivity contribution in [1.82, 2.24) is 0 Å². The Labute approximate surface area is 126 Å². The van der Waals surface area contributed by atoms with Gasteiger partial charge in [-0.3, -0.25) is 0 Å². The van der Waals surface area contributed by atoms with Crippen molar-refractivity contribution in [3.05, 3.63) is 12.2 Å². The lowest BCUT2D eigenvalue weighted by Crippen LogP contribution is -2.26. The molecule has 1 rings (SSSR count). The van der Waals surface area contributed by atoms with Crippen molar-refractivity contribution in [2.24, 2.45) is 0 Å². The molecule has 0 fully saturated rings.